The van der Waals surface area contributed by atoms with E-state index < -0.39 is 0 Å². The summed E-state index contributed by atoms with van der Waals surface area (Å²) in [5.41, 5.74) is 0.962. The predicted molar refractivity (Wildman–Crippen MR) is 76.3 cm³/mol. The third kappa shape index (κ3) is 6.96. The van der Waals surface area contributed by atoms with E-state index in [1.165, 1.54) is 12.1 Å². The number of nitrogens with one attached hydrogen (secondary N) is 1. The average molecular weight is 285 g/mol. The van der Waals surface area contributed by atoms with Crippen molar-refractivity contribution in [3.05, 3.63) is 35.6 Å². The number of benzene rings is 1. The van der Waals surface area contributed by atoms with E-state index in [9.17, 15) is 4.39 Å². The Labute approximate surface area is 120 Å². The number of hydrogen-bond donors (Lipinski definition) is 1. The summed E-state index contributed by atoms with van der Waals surface area (Å²) < 4.78 is 29.0. The van der Waals surface area contributed by atoms with Crippen molar-refractivity contribution in [2.75, 3.05) is 46.6 Å². The molecule has 114 valence electrons. The first kappa shape index (κ1) is 17.0. The molecule has 0 aliphatic rings. The number of rotatable bonds is 11. The second kappa shape index (κ2) is 10.7. The monoisotopic (exact) mass is 285 g/mol. The van der Waals surface area contributed by atoms with Crippen LogP contribution in [0.4, 0.5) is 4.39 Å². The minimum absolute atomic E-state index is 0.0958. The van der Waals surface area contributed by atoms with Crippen LogP contribution in [0.5, 0.6) is 0 Å². The van der Waals surface area contributed by atoms with Crippen LogP contribution in [0.1, 0.15) is 18.6 Å². The Morgan fingerprint density at radius 2 is 1.80 bits per heavy atom. The van der Waals surface area contributed by atoms with Crippen molar-refractivity contribution in [3.8, 4) is 0 Å². The molecule has 0 aliphatic heterocycles. The Morgan fingerprint density at radius 1 is 1.10 bits per heavy atom. The van der Waals surface area contributed by atoms with E-state index in [4.69, 9.17) is 14.2 Å². The molecule has 1 N–H and O–H groups in total. The van der Waals surface area contributed by atoms with Gasteiger partial charge in [0.05, 0.1) is 32.5 Å². The fourth-order valence-electron chi connectivity index (χ4n) is 1.72. The molecule has 4 nitrogen and oxygen atoms in total. The van der Waals surface area contributed by atoms with Crippen LogP contribution in [0, 0.1) is 5.82 Å². The molecule has 0 saturated carbocycles. The topological polar surface area (TPSA) is 39.7 Å². The van der Waals surface area contributed by atoms with E-state index >= 15 is 0 Å². The number of methoxy groups -OCH3 is 1. The van der Waals surface area contributed by atoms with E-state index in [0.29, 0.717) is 33.0 Å². The van der Waals surface area contributed by atoms with Crippen LogP contribution in [0.15, 0.2) is 24.3 Å². The molecule has 0 heterocycles. The fraction of sp³-hybridized carbons (Fsp3) is 0.600. The highest BCUT2D eigenvalue weighted by molar-refractivity contribution is 5.19. The van der Waals surface area contributed by atoms with Gasteiger partial charge in [-0.25, -0.2) is 4.39 Å². The molecule has 0 aromatic heterocycles. The first-order valence-electron chi connectivity index (χ1n) is 6.92. The minimum Gasteiger partial charge on any atom is -0.382 e. The van der Waals surface area contributed by atoms with Gasteiger partial charge in [-0.15, -0.1) is 0 Å². The third-order valence-corrected chi connectivity index (χ3v) is 2.80. The number of hydrogen-bond acceptors (Lipinski definition) is 4. The van der Waals surface area contributed by atoms with Gasteiger partial charge in [0.25, 0.3) is 0 Å². The summed E-state index contributed by atoms with van der Waals surface area (Å²) >= 11 is 0. The maximum absolute atomic E-state index is 12.9. The second-order valence-electron chi connectivity index (χ2n) is 4.32. The summed E-state index contributed by atoms with van der Waals surface area (Å²) in [6.07, 6.45) is -0.0958. The van der Waals surface area contributed by atoms with Crippen molar-refractivity contribution in [3.63, 3.8) is 0 Å². The van der Waals surface area contributed by atoms with Crippen LogP contribution >= 0.6 is 0 Å². The number of ether oxygens (including phenoxy) is 3. The smallest absolute Gasteiger partial charge is 0.123 e. The van der Waals surface area contributed by atoms with Gasteiger partial charge in [0.1, 0.15) is 5.82 Å². The summed E-state index contributed by atoms with van der Waals surface area (Å²) in [6, 6.07) is 6.41. The molecule has 0 spiro atoms. The third-order valence-electron chi connectivity index (χ3n) is 2.80. The summed E-state index contributed by atoms with van der Waals surface area (Å²) in [7, 11) is 1.64. The Kier molecular flexibility index (Phi) is 9.15. The van der Waals surface area contributed by atoms with Crippen LogP contribution < -0.4 is 5.32 Å². The highest BCUT2D eigenvalue weighted by atomic mass is 19.1. The Morgan fingerprint density at radius 3 is 2.45 bits per heavy atom. The van der Waals surface area contributed by atoms with E-state index in [2.05, 4.69) is 5.32 Å². The summed E-state index contributed by atoms with van der Waals surface area (Å²) in [5.74, 6) is -0.237. The molecule has 1 aromatic rings. The van der Waals surface area contributed by atoms with E-state index in [1.54, 1.807) is 19.2 Å². The zero-order chi connectivity index (χ0) is 14.6. The highest BCUT2D eigenvalue weighted by Crippen LogP contribution is 2.17. The number of halogens is 1. The van der Waals surface area contributed by atoms with Crippen molar-refractivity contribution < 1.29 is 18.6 Å². The summed E-state index contributed by atoms with van der Waals surface area (Å²) in [5, 5.41) is 3.24. The van der Waals surface area contributed by atoms with Gasteiger partial charge >= 0.3 is 0 Å². The quantitative estimate of drug-likeness (QED) is 0.632. The van der Waals surface area contributed by atoms with Crippen molar-refractivity contribution in [1.82, 2.24) is 5.32 Å². The fourth-order valence-corrected chi connectivity index (χ4v) is 1.72. The molecule has 0 fully saturated rings. The number of likely N-dealkylation sites (N-methyl/N-ethyl adjacent to an activating group) is 1. The molecule has 0 aliphatic carbocycles. The lowest BCUT2D eigenvalue weighted by Crippen LogP contribution is -2.24. The molecule has 1 unspecified atom stereocenters. The largest absolute Gasteiger partial charge is 0.382 e. The second-order valence-corrected chi connectivity index (χ2v) is 4.32. The Balaban J connectivity index is 2.37. The van der Waals surface area contributed by atoms with Crippen molar-refractivity contribution >= 4 is 0 Å². The molecule has 1 atom stereocenters. The molecule has 0 radical (unpaired) electrons. The van der Waals surface area contributed by atoms with Crippen molar-refractivity contribution in [1.29, 1.82) is 0 Å². The zero-order valence-electron chi connectivity index (χ0n) is 12.2. The van der Waals surface area contributed by atoms with E-state index in [-0.39, 0.29) is 11.9 Å². The van der Waals surface area contributed by atoms with Gasteiger partial charge in [0, 0.05) is 13.7 Å². The Hall–Kier alpha value is -1.01. The van der Waals surface area contributed by atoms with Gasteiger partial charge in [0.15, 0.2) is 0 Å². The zero-order valence-corrected chi connectivity index (χ0v) is 12.2. The van der Waals surface area contributed by atoms with E-state index in [0.717, 1.165) is 12.1 Å². The average Bonchev–Trinajstić information content (AvgIpc) is 2.47. The van der Waals surface area contributed by atoms with Gasteiger partial charge < -0.3 is 19.5 Å². The lowest BCUT2D eigenvalue weighted by molar-refractivity contribution is -0.00672. The predicted octanol–water partition coefficient (Wildman–Crippen LogP) is 2.16. The van der Waals surface area contributed by atoms with Crippen LogP contribution in [0.25, 0.3) is 0 Å². The van der Waals surface area contributed by atoms with Crippen LogP contribution in [0.3, 0.4) is 0 Å². The SMILES string of the molecule is CCNCC(OCCOCCOC)c1ccc(F)cc1. The normalized spacial score (nSPS) is 12.6. The van der Waals surface area contributed by atoms with E-state index in [1.807, 2.05) is 6.92 Å². The molecule has 0 bridgehead atoms. The van der Waals surface area contributed by atoms with Crippen LogP contribution in [-0.2, 0) is 14.2 Å². The summed E-state index contributed by atoms with van der Waals surface area (Å²) in [6.45, 7) is 5.76. The van der Waals surface area contributed by atoms with Gasteiger partial charge in [-0.2, -0.15) is 0 Å². The Bertz CT molecular complexity index is 345. The maximum Gasteiger partial charge on any atom is 0.123 e. The standard InChI is InChI=1S/C15H24FNO3/c1-3-17-12-15(13-4-6-14(16)7-5-13)20-11-10-19-9-8-18-2/h4-7,15,17H,3,8-12H2,1-2H3. The lowest BCUT2D eigenvalue weighted by Gasteiger charge is -2.19. The molecule has 5 heteroatoms. The molecule has 0 amide bonds. The molecule has 1 aromatic carbocycles. The van der Waals surface area contributed by atoms with Crippen LogP contribution in [-0.4, -0.2) is 46.6 Å². The van der Waals surface area contributed by atoms with Crippen molar-refractivity contribution in [2.24, 2.45) is 0 Å². The molecular formula is C15H24FNO3. The first-order valence-corrected chi connectivity index (χ1v) is 6.92. The molecule has 20 heavy (non-hydrogen) atoms. The van der Waals surface area contributed by atoms with Crippen LogP contribution in [0.2, 0.25) is 0 Å². The highest BCUT2D eigenvalue weighted by Gasteiger charge is 2.11. The lowest BCUT2D eigenvalue weighted by atomic mass is 10.1. The van der Waals surface area contributed by atoms with Gasteiger partial charge in [0.2, 0.25) is 0 Å². The van der Waals surface area contributed by atoms with Gasteiger partial charge in [-0.3, -0.25) is 0 Å². The molecular weight excluding hydrogens is 261 g/mol. The van der Waals surface area contributed by atoms with Gasteiger partial charge in [-0.05, 0) is 24.2 Å². The molecule has 0 saturated heterocycles. The van der Waals surface area contributed by atoms with Gasteiger partial charge in [-0.1, -0.05) is 19.1 Å². The summed E-state index contributed by atoms with van der Waals surface area (Å²) in [4.78, 5) is 0. The first-order chi connectivity index (χ1) is 9.77. The minimum atomic E-state index is -0.237. The van der Waals surface area contributed by atoms with Crippen molar-refractivity contribution in [2.45, 2.75) is 13.0 Å². The molecule has 1 rings (SSSR count). The maximum atomic E-state index is 12.9.